The van der Waals surface area contributed by atoms with Crippen molar-refractivity contribution in [3.8, 4) is 0 Å². The minimum Gasteiger partial charge on any atom is -0.325 e. The number of rotatable bonds is 4. The Labute approximate surface area is 201 Å². The van der Waals surface area contributed by atoms with Crippen LogP contribution in [-0.4, -0.2) is 21.7 Å². The number of alkyl halides is 3. The molecule has 1 amide bonds. The van der Waals surface area contributed by atoms with Crippen molar-refractivity contribution in [2.45, 2.75) is 56.9 Å². The van der Waals surface area contributed by atoms with Gasteiger partial charge in [0, 0.05) is 28.9 Å². The Morgan fingerprint density at radius 2 is 1.82 bits per heavy atom. The first kappa shape index (κ1) is 24.3. The van der Waals surface area contributed by atoms with Gasteiger partial charge in [0.2, 0.25) is 5.91 Å². The SMILES string of the molecule is CC(C)(C)n1ccc([C@@H]2C[C@@H](C(=O)Nc3ccc(Cl)cc3)N[C@H]2c2cccc(C(F)(F)F)c2)n1. The third kappa shape index (κ3) is 5.28. The second kappa shape index (κ2) is 9.07. The van der Waals surface area contributed by atoms with Gasteiger partial charge in [-0.25, -0.2) is 0 Å². The molecule has 2 heterocycles. The summed E-state index contributed by atoms with van der Waals surface area (Å²) in [6.07, 6.45) is -2.20. The van der Waals surface area contributed by atoms with E-state index in [9.17, 15) is 18.0 Å². The number of hydrogen-bond acceptors (Lipinski definition) is 3. The molecule has 0 unspecified atom stereocenters. The molecule has 3 aromatic rings. The zero-order valence-corrected chi connectivity index (χ0v) is 19.8. The maximum atomic E-state index is 13.4. The number of aromatic nitrogens is 2. The Balaban J connectivity index is 1.65. The zero-order valence-electron chi connectivity index (χ0n) is 19.0. The Bertz CT molecular complexity index is 1170. The van der Waals surface area contributed by atoms with Gasteiger partial charge in [0.1, 0.15) is 0 Å². The highest BCUT2D eigenvalue weighted by Gasteiger charge is 2.41. The second-order valence-corrected chi connectivity index (χ2v) is 9.95. The first-order valence-electron chi connectivity index (χ1n) is 11.0. The normalized spacial score (nSPS) is 21.0. The minimum absolute atomic E-state index is 0.249. The molecule has 0 aliphatic carbocycles. The van der Waals surface area contributed by atoms with E-state index in [1.54, 1.807) is 30.3 Å². The first-order valence-corrected chi connectivity index (χ1v) is 11.4. The molecule has 1 fully saturated rings. The molecule has 5 nitrogen and oxygen atoms in total. The molecular formula is C25H26ClF3N4O. The van der Waals surface area contributed by atoms with E-state index in [0.29, 0.717) is 22.7 Å². The van der Waals surface area contributed by atoms with Gasteiger partial charge in [0.05, 0.1) is 22.8 Å². The van der Waals surface area contributed by atoms with Crippen molar-refractivity contribution < 1.29 is 18.0 Å². The molecule has 0 spiro atoms. The lowest BCUT2D eigenvalue weighted by Crippen LogP contribution is -2.36. The van der Waals surface area contributed by atoms with Gasteiger partial charge in [-0.3, -0.25) is 14.8 Å². The molecule has 0 bridgehead atoms. The lowest BCUT2D eigenvalue weighted by molar-refractivity contribution is -0.137. The number of carbonyl (C=O) groups excluding carboxylic acids is 1. The summed E-state index contributed by atoms with van der Waals surface area (Å²) in [7, 11) is 0. The van der Waals surface area contributed by atoms with Crippen molar-refractivity contribution >= 4 is 23.2 Å². The van der Waals surface area contributed by atoms with Crippen LogP contribution in [0.1, 0.15) is 56.0 Å². The van der Waals surface area contributed by atoms with Crippen molar-refractivity contribution in [3.05, 3.63) is 82.6 Å². The van der Waals surface area contributed by atoms with Crippen LogP contribution in [0.3, 0.4) is 0 Å². The average Bonchev–Trinajstić information content (AvgIpc) is 3.42. The van der Waals surface area contributed by atoms with Crippen molar-refractivity contribution in [2.24, 2.45) is 0 Å². The smallest absolute Gasteiger partial charge is 0.325 e. The molecule has 34 heavy (non-hydrogen) atoms. The van der Waals surface area contributed by atoms with Gasteiger partial charge in [-0.15, -0.1) is 0 Å². The van der Waals surface area contributed by atoms with Crippen molar-refractivity contribution in [1.82, 2.24) is 15.1 Å². The quantitative estimate of drug-likeness (QED) is 0.462. The molecule has 1 aromatic heterocycles. The molecular weight excluding hydrogens is 465 g/mol. The summed E-state index contributed by atoms with van der Waals surface area (Å²) in [6.45, 7) is 6.05. The van der Waals surface area contributed by atoms with Crippen LogP contribution in [0.15, 0.2) is 60.8 Å². The highest BCUT2D eigenvalue weighted by Crippen LogP contribution is 2.41. The topological polar surface area (TPSA) is 59.0 Å². The standard InChI is InChI=1S/C25H26ClF3N4O/c1-24(2,3)33-12-11-20(32-33)19-14-21(23(34)30-18-9-7-17(26)8-10-18)31-22(19)15-5-4-6-16(13-15)25(27,28)29/h4-13,19,21-22,31H,14H2,1-3H3,(H,30,34)/t19-,21-,22-/m0/s1. The number of amides is 1. The summed E-state index contributed by atoms with van der Waals surface area (Å²) in [6, 6.07) is 12.7. The Kier molecular flexibility index (Phi) is 6.48. The summed E-state index contributed by atoms with van der Waals surface area (Å²) in [5.74, 6) is -0.551. The molecule has 180 valence electrons. The van der Waals surface area contributed by atoms with Crippen LogP contribution in [0.4, 0.5) is 18.9 Å². The predicted molar refractivity (Wildman–Crippen MR) is 126 cm³/mol. The molecule has 2 aromatic carbocycles. The molecule has 1 aliphatic heterocycles. The highest BCUT2D eigenvalue weighted by molar-refractivity contribution is 6.30. The molecule has 0 saturated carbocycles. The van der Waals surface area contributed by atoms with Crippen molar-refractivity contribution in [2.75, 3.05) is 5.32 Å². The van der Waals surface area contributed by atoms with Crippen LogP contribution in [0.5, 0.6) is 0 Å². The van der Waals surface area contributed by atoms with E-state index in [1.807, 2.05) is 37.7 Å². The van der Waals surface area contributed by atoms with E-state index in [0.717, 1.165) is 17.8 Å². The van der Waals surface area contributed by atoms with Gasteiger partial charge >= 0.3 is 6.18 Å². The summed E-state index contributed by atoms with van der Waals surface area (Å²) >= 11 is 5.91. The Morgan fingerprint density at radius 1 is 1.12 bits per heavy atom. The lowest BCUT2D eigenvalue weighted by atomic mass is 9.90. The number of nitrogens with one attached hydrogen (secondary N) is 2. The van der Waals surface area contributed by atoms with Crippen molar-refractivity contribution in [1.29, 1.82) is 0 Å². The van der Waals surface area contributed by atoms with E-state index in [2.05, 4.69) is 10.6 Å². The monoisotopic (exact) mass is 490 g/mol. The summed E-state index contributed by atoms with van der Waals surface area (Å²) in [4.78, 5) is 13.0. The highest BCUT2D eigenvalue weighted by atomic mass is 35.5. The van der Waals surface area contributed by atoms with E-state index in [1.165, 1.54) is 6.07 Å². The lowest BCUT2D eigenvalue weighted by Gasteiger charge is -2.21. The summed E-state index contributed by atoms with van der Waals surface area (Å²) < 4.78 is 42.0. The summed E-state index contributed by atoms with van der Waals surface area (Å²) in [5, 5.41) is 11.4. The molecule has 4 rings (SSSR count). The van der Waals surface area contributed by atoms with Crippen LogP contribution in [0.2, 0.25) is 5.02 Å². The zero-order chi connectivity index (χ0) is 24.7. The van der Waals surface area contributed by atoms with Crippen molar-refractivity contribution in [3.63, 3.8) is 0 Å². The van der Waals surface area contributed by atoms with E-state index in [4.69, 9.17) is 16.7 Å². The number of anilines is 1. The van der Waals surface area contributed by atoms with Gasteiger partial charge in [-0.05, 0) is 75.2 Å². The molecule has 3 atom stereocenters. The number of benzene rings is 2. The van der Waals surface area contributed by atoms with Crippen LogP contribution in [0.25, 0.3) is 0 Å². The fourth-order valence-electron chi connectivity index (χ4n) is 4.17. The molecule has 0 radical (unpaired) electrons. The first-order chi connectivity index (χ1) is 15.9. The fraction of sp³-hybridized carbons (Fsp3) is 0.360. The number of halogens is 4. The average molecular weight is 491 g/mol. The third-order valence-electron chi connectivity index (χ3n) is 5.95. The van der Waals surface area contributed by atoms with Crippen LogP contribution in [-0.2, 0) is 16.5 Å². The fourth-order valence-corrected chi connectivity index (χ4v) is 4.30. The molecule has 1 saturated heterocycles. The van der Waals surface area contributed by atoms with E-state index in [-0.39, 0.29) is 17.4 Å². The number of carbonyl (C=O) groups is 1. The second-order valence-electron chi connectivity index (χ2n) is 9.51. The van der Waals surface area contributed by atoms with Gasteiger partial charge in [-0.2, -0.15) is 18.3 Å². The number of nitrogens with zero attached hydrogens (tertiary/aromatic N) is 2. The Morgan fingerprint density at radius 3 is 2.44 bits per heavy atom. The van der Waals surface area contributed by atoms with Crippen LogP contribution >= 0.6 is 11.6 Å². The summed E-state index contributed by atoms with van der Waals surface area (Å²) in [5.41, 5.74) is 0.812. The van der Waals surface area contributed by atoms with E-state index < -0.39 is 23.8 Å². The molecule has 1 aliphatic rings. The van der Waals surface area contributed by atoms with Gasteiger partial charge in [0.15, 0.2) is 0 Å². The van der Waals surface area contributed by atoms with Gasteiger partial charge in [-0.1, -0.05) is 23.7 Å². The third-order valence-corrected chi connectivity index (χ3v) is 6.20. The minimum atomic E-state index is -4.46. The van der Waals surface area contributed by atoms with Crippen LogP contribution in [0, 0.1) is 0 Å². The number of hydrogen-bond donors (Lipinski definition) is 2. The maximum absolute atomic E-state index is 13.4. The Hall–Kier alpha value is -2.84. The van der Waals surface area contributed by atoms with Crippen LogP contribution < -0.4 is 10.6 Å². The van der Waals surface area contributed by atoms with Gasteiger partial charge in [0.25, 0.3) is 0 Å². The molecule has 9 heteroatoms. The van der Waals surface area contributed by atoms with E-state index >= 15 is 0 Å². The van der Waals surface area contributed by atoms with Gasteiger partial charge < -0.3 is 5.32 Å². The predicted octanol–water partition coefficient (Wildman–Crippen LogP) is 6.14. The molecule has 2 N–H and O–H groups in total. The maximum Gasteiger partial charge on any atom is 0.416 e. The largest absolute Gasteiger partial charge is 0.416 e.